The maximum Gasteiger partial charge on any atom is 0.222 e. The molecule has 0 bridgehead atoms. The van der Waals surface area contributed by atoms with Crippen molar-refractivity contribution in [1.29, 1.82) is 0 Å². The predicted octanol–water partition coefficient (Wildman–Crippen LogP) is 4.24. The Bertz CT molecular complexity index is 945. The van der Waals surface area contributed by atoms with E-state index in [2.05, 4.69) is 4.90 Å². The number of halogens is 1. The summed E-state index contributed by atoms with van der Waals surface area (Å²) >= 11 is 0. The van der Waals surface area contributed by atoms with E-state index in [9.17, 15) is 9.50 Å². The zero-order valence-corrected chi connectivity index (χ0v) is 18.3. The Labute approximate surface area is 182 Å². The lowest BCUT2D eigenvalue weighted by Gasteiger charge is -2.25. The number of hydrogen-bond acceptors (Lipinski definition) is 5. The maximum atomic E-state index is 13.3. The molecule has 0 radical (unpaired) electrons. The van der Waals surface area contributed by atoms with E-state index in [-0.39, 0.29) is 5.82 Å². The highest BCUT2D eigenvalue weighted by atomic mass is 19.1. The third-order valence-corrected chi connectivity index (χ3v) is 5.10. The van der Waals surface area contributed by atoms with Crippen molar-refractivity contribution in [2.75, 3.05) is 26.8 Å². The molecule has 0 unspecified atom stereocenters. The molecule has 3 aromatic rings. The van der Waals surface area contributed by atoms with E-state index in [0.717, 1.165) is 16.8 Å². The molecule has 0 spiro atoms. The van der Waals surface area contributed by atoms with Crippen molar-refractivity contribution in [1.82, 2.24) is 14.7 Å². The summed E-state index contributed by atoms with van der Waals surface area (Å²) in [7, 11) is 3.49. The fourth-order valence-electron chi connectivity index (χ4n) is 3.37. The lowest BCUT2D eigenvalue weighted by Crippen LogP contribution is -2.34. The maximum absolute atomic E-state index is 13.3. The predicted molar refractivity (Wildman–Crippen MR) is 119 cm³/mol. The van der Waals surface area contributed by atoms with Crippen LogP contribution in [0.2, 0.25) is 0 Å². The van der Waals surface area contributed by atoms with Gasteiger partial charge in [-0.05, 0) is 30.7 Å². The van der Waals surface area contributed by atoms with Gasteiger partial charge in [-0.3, -0.25) is 4.90 Å². The molecule has 7 heteroatoms. The van der Waals surface area contributed by atoms with Gasteiger partial charge in [0, 0.05) is 39.4 Å². The van der Waals surface area contributed by atoms with Crippen LogP contribution < -0.4 is 4.74 Å². The SMILES string of the molecule is CC[C@H](O)CN(CCOC)Cc1c(-c2ccccc2)nn(C)c1Oc1ccc(F)cc1. The second kappa shape index (κ2) is 11.0. The van der Waals surface area contributed by atoms with E-state index in [0.29, 0.717) is 44.3 Å². The molecule has 0 saturated heterocycles. The van der Waals surface area contributed by atoms with Crippen LogP contribution in [0.4, 0.5) is 4.39 Å². The van der Waals surface area contributed by atoms with Gasteiger partial charge in [0.2, 0.25) is 5.88 Å². The fourth-order valence-corrected chi connectivity index (χ4v) is 3.37. The minimum absolute atomic E-state index is 0.318. The molecule has 31 heavy (non-hydrogen) atoms. The molecular formula is C24H30FN3O3. The molecule has 1 atom stereocenters. The van der Waals surface area contributed by atoms with E-state index in [1.54, 1.807) is 23.9 Å². The summed E-state index contributed by atoms with van der Waals surface area (Å²) in [5.74, 6) is 0.794. The first kappa shape index (κ1) is 22.9. The number of aryl methyl sites for hydroxylation is 1. The molecule has 0 saturated carbocycles. The molecule has 1 N–H and O–H groups in total. The number of aliphatic hydroxyl groups excluding tert-OH is 1. The van der Waals surface area contributed by atoms with Crippen molar-refractivity contribution in [3.63, 3.8) is 0 Å². The van der Waals surface area contributed by atoms with Crippen LogP contribution in [0, 0.1) is 5.82 Å². The Hall–Kier alpha value is -2.74. The van der Waals surface area contributed by atoms with Crippen LogP contribution in [0.25, 0.3) is 11.3 Å². The second-order valence-electron chi connectivity index (χ2n) is 7.47. The van der Waals surface area contributed by atoms with Crippen molar-refractivity contribution < 1.29 is 19.0 Å². The van der Waals surface area contributed by atoms with E-state index < -0.39 is 6.10 Å². The molecule has 1 heterocycles. The van der Waals surface area contributed by atoms with Gasteiger partial charge in [-0.2, -0.15) is 5.10 Å². The largest absolute Gasteiger partial charge is 0.439 e. The lowest BCUT2D eigenvalue weighted by molar-refractivity contribution is 0.0827. The highest BCUT2D eigenvalue weighted by molar-refractivity contribution is 5.65. The standard InChI is InChI=1S/C24H30FN3O3/c1-4-20(29)16-28(14-15-30-3)17-22-23(18-8-6-5-7-9-18)26-27(2)24(22)31-21-12-10-19(25)11-13-21/h5-13,20,29H,4,14-17H2,1-3H3/t20-/m0/s1. The van der Waals surface area contributed by atoms with Crippen molar-refractivity contribution in [3.05, 3.63) is 66.0 Å². The van der Waals surface area contributed by atoms with Crippen LogP contribution in [0.3, 0.4) is 0 Å². The quantitative estimate of drug-likeness (QED) is 0.496. The minimum atomic E-state index is -0.435. The molecule has 3 rings (SSSR count). The third-order valence-electron chi connectivity index (χ3n) is 5.10. The molecular weight excluding hydrogens is 397 g/mol. The molecule has 0 fully saturated rings. The average molecular weight is 428 g/mol. The topological polar surface area (TPSA) is 59.8 Å². The van der Waals surface area contributed by atoms with Gasteiger partial charge in [0.05, 0.1) is 18.3 Å². The van der Waals surface area contributed by atoms with Crippen LogP contribution in [-0.4, -0.2) is 52.7 Å². The molecule has 0 amide bonds. The van der Waals surface area contributed by atoms with Gasteiger partial charge < -0.3 is 14.6 Å². The van der Waals surface area contributed by atoms with E-state index in [4.69, 9.17) is 14.6 Å². The van der Waals surface area contributed by atoms with Gasteiger partial charge >= 0.3 is 0 Å². The Balaban J connectivity index is 1.99. The summed E-state index contributed by atoms with van der Waals surface area (Å²) in [4.78, 5) is 2.14. The van der Waals surface area contributed by atoms with Crippen molar-refractivity contribution in [2.45, 2.75) is 26.0 Å². The fraction of sp³-hybridized carbons (Fsp3) is 0.375. The Morgan fingerprint density at radius 2 is 1.84 bits per heavy atom. The van der Waals surface area contributed by atoms with Gasteiger partial charge in [0.15, 0.2) is 0 Å². The summed E-state index contributed by atoms with van der Waals surface area (Å²) in [6, 6.07) is 15.8. The van der Waals surface area contributed by atoms with Crippen molar-refractivity contribution >= 4 is 0 Å². The van der Waals surface area contributed by atoms with E-state index >= 15 is 0 Å². The van der Waals surface area contributed by atoms with Gasteiger partial charge in [-0.15, -0.1) is 0 Å². The molecule has 2 aromatic carbocycles. The molecule has 1 aromatic heterocycles. The van der Waals surface area contributed by atoms with Gasteiger partial charge in [0.25, 0.3) is 0 Å². The number of ether oxygens (including phenoxy) is 2. The Kier molecular flexibility index (Phi) is 8.17. The molecule has 0 aliphatic rings. The summed E-state index contributed by atoms with van der Waals surface area (Å²) in [5, 5.41) is 15.0. The number of aliphatic hydroxyl groups is 1. The zero-order valence-electron chi connectivity index (χ0n) is 18.3. The van der Waals surface area contributed by atoms with Gasteiger partial charge in [-0.25, -0.2) is 9.07 Å². The number of aromatic nitrogens is 2. The summed E-state index contributed by atoms with van der Waals surface area (Å²) in [6.07, 6.45) is 0.233. The van der Waals surface area contributed by atoms with Gasteiger partial charge in [0.1, 0.15) is 17.3 Å². The van der Waals surface area contributed by atoms with Crippen molar-refractivity contribution in [3.8, 4) is 22.9 Å². The minimum Gasteiger partial charge on any atom is -0.439 e. The highest BCUT2D eigenvalue weighted by Crippen LogP contribution is 2.34. The molecule has 6 nitrogen and oxygen atoms in total. The number of nitrogens with zero attached hydrogens (tertiary/aromatic N) is 3. The van der Waals surface area contributed by atoms with Crippen LogP contribution >= 0.6 is 0 Å². The second-order valence-corrected chi connectivity index (χ2v) is 7.47. The number of methoxy groups -OCH3 is 1. The summed E-state index contributed by atoms with van der Waals surface area (Å²) < 4.78 is 26.5. The number of benzene rings is 2. The highest BCUT2D eigenvalue weighted by Gasteiger charge is 2.23. The number of rotatable bonds is 11. The molecule has 0 aliphatic heterocycles. The first-order valence-corrected chi connectivity index (χ1v) is 10.5. The first-order chi connectivity index (χ1) is 15.0. The normalized spacial score (nSPS) is 12.3. The third kappa shape index (κ3) is 6.13. The van der Waals surface area contributed by atoms with Gasteiger partial charge in [-0.1, -0.05) is 37.3 Å². The van der Waals surface area contributed by atoms with Crippen molar-refractivity contribution in [2.24, 2.45) is 7.05 Å². The van der Waals surface area contributed by atoms with Crippen LogP contribution in [-0.2, 0) is 18.3 Å². The monoisotopic (exact) mass is 427 g/mol. The summed E-state index contributed by atoms with van der Waals surface area (Å²) in [6.45, 7) is 4.20. The number of hydrogen-bond donors (Lipinski definition) is 1. The zero-order chi connectivity index (χ0) is 22.2. The Morgan fingerprint density at radius 3 is 2.48 bits per heavy atom. The first-order valence-electron chi connectivity index (χ1n) is 10.5. The molecule has 0 aliphatic carbocycles. The molecule has 166 valence electrons. The van der Waals surface area contributed by atoms with Crippen LogP contribution in [0.15, 0.2) is 54.6 Å². The summed E-state index contributed by atoms with van der Waals surface area (Å²) in [5.41, 5.74) is 2.69. The van der Waals surface area contributed by atoms with Crippen LogP contribution in [0.5, 0.6) is 11.6 Å². The van der Waals surface area contributed by atoms with E-state index in [1.165, 1.54) is 12.1 Å². The van der Waals surface area contributed by atoms with E-state index in [1.807, 2.05) is 44.3 Å². The van der Waals surface area contributed by atoms with Crippen LogP contribution in [0.1, 0.15) is 18.9 Å². The Morgan fingerprint density at radius 1 is 1.13 bits per heavy atom. The smallest absolute Gasteiger partial charge is 0.222 e. The average Bonchev–Trinajstić information content (AvgIpc) is 3.09. The lowest BCUT2D eigenvalue weighted by atomic mass is 10.1.